The van der Waals surface area contributed by atoms with Crippen LogP contribution in [0.25, 0.3) is 0 Å². The van der Waals surface area contributed by atoms with Gasteiger partial charge in [-0.15, -0.1) is 0 Å². The standard InChI is InChI=1S/C19H27N3O3/c23-18(21-11-13-25-14-12-21)17-7-4-10-22(15-17)19(24)20-9-8-16-5-2-1-3-6-16/h1-3,5-6,17H,4,7-15H2,(H,20,24). The summed E-state index contributed by atoms with van der Waals surface area (Å²) in [6.45, 7) is 4.42. The number of carbonyl (C=O) groups excluding carboxylic acids is 2. The number of piperidine rings is 1. The van der Waals surface area contributed by atoms with Gasteiger partial charge in [0.15, 0.2) is 0 Å². The molecule has 6 heteroatoms. The highest BCUT2D eigenvalue weighted by molar-refractivity contribution is 5.81. The van der Waals surface area contributed by atoms with Crippen LogP contribution in [0.15, 0.2) is 30.3 Å². The van der Waals surface area contributed by atoms with Crippen LogP contribution >= 0.6 is 0 Å². The third-order valence-electron chi connectivity index (χ3n) is 4.91. The van der Waals surface area contributed by atoms with Gasteiger partial charge in [-0.25, -0.2) is 4.79 Å². The van der Waals surface area contributed by atoms with Gasteiger partial charge >= 0.3 is 6.03 Å². The van der Waals surface area contributed by atoms with Crippen molar-refractivity contribution >= 4 is 11.9 Å². The van der Waals surface area contributed by atoms with Crippen LogP contribution in [0.4, 0.5) is 4.79 Å². The van der Waals surface area contributed by atoms with Crippen molar-refractivity contribution in [2.24, 2.45) is 5.92 Å². The highest BCUT2D eigenvalue weighted by Crippen LogP contribution is 2.19. The number of rotatable bonds is 4. The van der Waals surface area contributed by atoms with Crippen LogP contribution < -0.4 is 5.32 Å². The molecule has 2 aliphatic heterocycles. The minimum atomic E-state index is -0.0771. The number of likely N-dealkylation sites (tertiary alicyclic amines) is 1. The molecule has 3 rings (SSSR count). The van der Waals surface area contributed by atoms with E-state index in [1.54, 1.807) is 4.90 Å². The molecular weight excluding hydrogens is 318 g/mol. The van der Waals surface area contributed by atoms with Gasteiger partial charge in [-0.3, -0.25) is 4.79 Å². The van der Waals surface area contributed by atoms with E-state index in [0.717, 1.165) is 25.8 Å². The number of hydrogen-bond donors (Lipinski definition) is 1. The van der Waals surface area contributed by atoms with Crippen molar-refractivity contribution < 1.29 is 14.3 Å². The molecule has 0 saturated carbocycles. The Bertz CT molecular complexity index is 573. The molecule has 0 bridgehead atoms. The lowest BCUT2D eigenvalue weighted by Crippen LogP contribution is -2.51. The summed E-state index contributed by atoms with van der Waals surface area (Å²) in [5.41, 5.74) is 1.21. The van der Waals surface area contributed by atoms with Crippen LogP contribution in [0.1, 0.15) is 18.4 Å². The van der Waals surface area contributed by atoms with Gasteiger partial charge in [0.2, 0.25) is 5.91 Å². The smallest absolute Gasteiger partial charge is 0.317 e. The predicted octanol–water partition coefficient (Wildman–Crippen LogP) is 1.51. The Labute approximate surface area is 149 Å². The summed E-state index contributed by atoms with van der Waals surface area (Å²) in [6.07, 6.45) is 2.56. The van der Waals surface area contributed by atoms with Gasteiger partial charge in [0.05, 0.1) is 19.1 Å². The van der Waals surface area contributed by atoms with Crippen LogP contribution in [-0.2, 0) is 16.0 Å². The summed E-state index contributed by atoms with van der Waals surface area (Å²) in [5.74, 6) is 0.0943. The fourth-order valence-corrected chi connectivity index (χ4v) is 3.48. The largest absolute Gasteiger partial charge is 0.378 e. The SMILES string of the molecule is O=C(NCCc1ccccc1)N1CCCC(C(=O)N2CCOCC2)C1. The minimum Gasteiger partial charge on any atom is -0.378 e. The van der Waals surface area contributed by atoms with Crippen LogP contribution in [0.5, 0.6) is 0 Å². The molecule has 2 heterocycles. The van der Waals surface area contributed by atoms with Crippen molar-refractivity contribution in [3.63, 3.8) is 0 Å². The average Bonchev–Trinajstić information content (AvgIpc) is 2.69. The highest BCUT2D eigenvalue weighted by atomic mass is 16.5. The molecule has 1 aromatic carbocycles. The quantitative estimate of drug-likeness (QED) is 0.900. The van der Waals surface area contributed by atoms with Gasteiger partial charge in [0, 0.05) is 32.7 Å². The molecule has 1 aromatic rings. The average molecular weight is 345 g/mol. The number of amides is 3. The first-order valence-corrected chi connectivity index (χ1v) is 9.17. The van der Waals surface area contributed by atoms with E-state index >= 15 is 0 Å². The molecule has 2 aliphatic rings. The van der Waals surface area contributed by atoms with Crippen LogP contribution in [0.2, 0.25) is 0 Å². The van der Waals surface area contributed by atoms with Crippen LogP contribution in [-0.4, -0.2) is 67.7 Å². The number of urea groups is 1. The summed E-state index contributed by atoms with van der Waals surface area (Å²) >= 11 is 0. The van der Waals surface area contributed by atoms with E-state index in [2.05, 4.69) is 17.4 Å². The molecule has 0 aliphatic carbocycles. The third-order valence-corrected chi connectivity index (χ3v) is 4.91. The molecule has 0 aromatic heterocycles. The van der Waals surface area contributed by atoms with Crippen molar-refractivity contribution in [2.75, 3.05) is 45.9 Å². The Balaban J connectivity index is 1.45. The molecule has 6 nitrogen and oxygen atoms in total. The second-order valence-electron chi connectivity index (χ2n) is 6.69. The number of nitrogens with one attached hydrogen (secondary N) is 1. The van der Waals surface area contributed by atoms with Gasteiger partial charge in [-0.1, -0.05) is 30.3 Å². The Morgan fingerprint density at radius 3 is 2.60 bits per heavy atom. The Morgan fingerprint density at radius 1 is 1.08 bits per heavy atom. The summed E-state index contributed by atoms with van der Waals surface area (Å²) in [5, 5.41) is 2.98. The number of carbonyl (C=O) groups is 2. The zero-order chi connectivity index (χ0) is 17.5. The first-order valence-electron chi connectivity index (χ1n) is 9.17. The molecule has 1 unspecified atom stereocenters. The Morgan fingerprint density at radius 2 is 1.84 bits per heavy atom. The number of morpholine rings is 1. The van der Waals surface area contributed by atoms with Gasteiger partial charge in [0.25, 0.3) is 0 Å². The highest BCUT2D eigenvalue weighted by Gasteiger charge is 2.31. The van der Waals surface area contributed by atoms with E-state index in [0.29, 0.717) is 39.4 Å². The predicted molar refractivity (Wildman–Crippen MR) is 95.2 cm³/mol. The molecule has 3 amide bonds. The summed E-state index contributed by atoms with van der Waals surface area (Å²) < 4.78 is 5.31. The summed E-state index contributed by atoms with van der Waals surface area (Å²) in [4.78, 5) is 28.7. The maximum atomic E-state index is 12.6. The zero-order valence-corrected chi connectivity index (χ0v) is 14.7. The normalized spacial score (nSPS) is 21.0. The first-order chi connectivity index (χ1) is 12.2. The number of benzene rings is 1. The van der Waals surface area contributed by atoms with Crippen molar-refractivity contribution in [1.29, 1.82) is 0 Å². The summed E-state index contributed by atoms with van der Waals surface area (Å²) in [6, 6.07) is 10.1. The maximum absolute atomic E-state index is 12.6. The van der Waals surface area contributed by atoms with Crippen molar-refractivity contribution in [3.05, 3.63) is 35.9 Å². The first kappa shape index (κ1) is 17.7. The van der Waals surface area contributed by atoms with E-state index in [1.165, 1.54) is 5.56 Å². The van der Waals surface area contributed by atoms with E-state index in [4.69, 9.17) is 4.74 Å². The van der Waals surface area contributed by atoms with Gasteiger partial charge in [0.1, 0.15) is 0 Å². The lowest BCUT2D eigenvalue weighted by Gasteiger charge is -2.36. The number of ether oxygens (including phenoxy) is 1. The lowest BCUT2D eigenvalue weighted by molar-refractivity contribution is -0.141. The van der Waals surface area contributed by atoms with Crippen molar-refractivity contribution in [1.82, 2.24) is 15.1 Å². The second kappa shape index (κ2) is 8.85. The fourth-order valence-electron chi connectivity index (χ4n) is 3.48. The molecule has 1 N–H and O–H groups in total. The third kappa shape index (κ3) is 4.95. The molecule has 2 saturated heterocycles. The van der Waals surface area contributed by atoms with Crippen LogP contribution in [0.3, 0.4) is 0 Å². The molecule has 0 spiro atoms. The van der Waals surface area contributed by atoms with Crippen molar-refractivity contribution in [3.8, 4) is 0 Å². The maximum Gasteiger partial charge on any atom is 0.317 e. The number of hydrogen-bond acceptors (Lipinski definition) is 3. The number of nitrogens with zero attached hydrogens (tertiary/aromatic N) is 2. The Hall–Kier alpha value is -2.08. The molecule has 25 heavy (non-hydrogen) atoms. The zero-order valence-electron chi connectivity index (χ0n) is 14.7. The van der Waals surface area contributed by atoms with Gasteiger partial charge in [-0.05, 0) is 24.8 Å². The molecule has 1 atom stereocenters. The molecule has 0 radical (unpaired) electrons. The molecule has 136 valence electrons. The Kier molecular flexibility index (Phi) is 6.28. The van der Waals surface area contributed by atoms with Gasteiger partial charge < -0.3 is 19.9 Å². The van der Waals surface area contributed by atoms with E-state index in [1.807, 2.05) is 23.1 Å². The molecular formula is C19H27N3O3. The second-order valence-corrected chi connectivity index (χ2v) is 6.69. The van der Waals surface area contributed by atoms with Crippen molar-refractivity contribution in [2.45, 2.75) is 19.3 Å². The van der Waals surface area contributed by atoms with Crippen LogP contribution in [0, 0.1) is 5.92 Å². The minimum absolute atomic E-state index is 0.0598. The van der Waals surface area contributed by atoms with Gasteiger partial charge in [-0.2, -0.15) is 0 Å². The van der Waals surface area contributed by atoms with E-state index < -0.39 is 0 Å². The fraction of sp³-hybridized carbons (Fsp3) is 0.579. The van der Waals surface area contributed by atoms with E-state index in [-0.39, 0.29) is 17.9 Å². The monoisotopic (exact) mass is 345 g/mol. The lowest BCUT2D eigenvalue weighted by atomic mass is 9.96. The topological polar surface area (TPSA) is 61.9 Å². The van der Waals surface area contributed by atoms with E-state index in [9.17, 15) is 9.59 Å². The molecule has 2 fully saturated rings. The summed E-state index contributed by atoms with van der Waals surface area (Å²) in [7, 11) is 0.